The average molecular weight is 395 g/mol. The minimum absolute atomic E-state index is 0.167. The lowest BCUT2D eigenvalue weighted by molar-refractivity contribution is -0.116. The summed E-state index contributed by atoms with van der Waals surface area (Å²) in [7, 11) is 0. The summed E-state index contributed by atoms with van der Waals surface area (Å²) in [4.78, 5) is 33.6. The van der Waals surface area contributed by atoms with Crippen LogP contribution in [-0.4, -0.2) is 25.4 Å². The van der Waals surface area contributed by atoms with Gasteiger partial charge in [0.25, 0.3) is 5.56 Å². The third-order valence-electron chi connectivity index (χ3n) is 4.27. The number of amides is 1. The van der Waals surface area contributed by atoms with Gasteiger partial charge in [0, 0.05) is 30.0 Å². The lowest BCUT2D eigenvalue weighted by Gasteiger charge is -2.03. The number of benzene rings is 1. The molecule has 0 saturated heterocycles. The molecule has 28 heavy (non-hydrogen) atoms. The number of anilines is 1. The van der Waals surface area contributed by atoms with Crippen molar-refractivity contribution >= 4 is 27.9 Å². The van der Waals surface area contributed by atoms with Gasteiger partial charge in [-0.15, -0.1) is 11.3 Å². The number of nitrogens with one attached hydrogen (secondary N) is 1. The maximum absolute atomic E-state index is 12.3. The van der Waals surface area contributed by atoms with E-state index in [-0.39, 0.29) is 23.6 Å². The van der Waals surface area contributed by atoms with Crippen LogP contribution in [-0.2, 0) is 11.2 Å². The molecule has 4 rings (SSSR count). The molecule has 0 spiro atoms. The summed E-state index contributed by atoms with van der Waals surface area (Å²) in [6.07, 6.45) is 4.25. The fourth-order valence-corrected chi connectivity index (χ4v) is 3.49. The monoisotopic (exact) mass is 395 g/mol. The summed E-state index contributed by atoms with van der Waals surface area (Å²) in [6.45, 7) is 1.99. The first-order valence-electron chi connectivity index (χ1n) is 8.75. The normalized spacial score (nSPS) is 11.0. The number of hydrogen-bond acceptors (Lipinski definition) is 7. The van der Waals surface area contributed by atoms with Crippen molar-refractivity contribution in [2.24, 2.45) is 0 Å². The number of rotatable bonds is 6. The van der Waals surface area contributed by atoms with E-state index in [2.05, 4.69) is 20.4 Å². The molecule has 9 heteroatoms. The topological polar surface area (TPSA) is 102 Å². The van der Waals surface area contributed by atoms with Gasteiger partial charge in [0.2, 0.25) is 17.6 Å². The van der Waals surface area contributed by atoms with Crippen molar-refractivity contribution in [2.75, 3.05) is 5.32 Å². The minimum atomic E-state index is -0.292. The number of hydrogen-bond donors (Lipinski definition) is 1. The van der Waals surface area contributed by atoms with Gasteiger partial charge in [0.05, 0.1) is 6.20 Å². The molecule has 1 amide bonds. The minimum Gasteiger partial charge on any atom is -0.339 e. The van der Waals surface area contributed by atoms with Gasteiger partial charge in [-0.3, -0.25) is 14.0 Å². The molecule has 0 saturated carbocycles. The van der Waals surface area contributed by atoms with Gasteiger partial charge in [0.1, 0.15) is 5.69 Å². The highest BCUT2D eigenvalue weighted by Gasteiger charge is 2.12. The molecule has 0 aliphatic carbocycles. The van der Waals surface area contributed by atoms with Crippen LogP contribution in [0.25, 0.3) is 16.3 Å². The van der Waals surface area contributed by atoms with Gasteiger partial charge in [-0.05, 0) is 18.9 Å². The van der Waals surface area contributed by atoms with E-state index in [4.69, 9.17) is 4.52 Å². The van der Waals surface area contributed by atoms with Crippen LogP contribution in [0, 0.1) is 6.92 Å². The maximum Gasteiger partial charge on any atom is 0.282 e. The molecule has 3 aromatic heterocycles. The van der Waals surface area contributed by atoms with Gasteiger partial charge in [-0.2, -0.15) is 4.98 Å². The fraction of sp³-hybridized carbons (Fsp3) is 0.211. The molecule has 0 bridgehead atoms. The van der Waals surface area contributed by atoms with Crippen molar-refractivity contribution < 1.29 is 9.32 Å². The number of aromatic nitrogens is 4. The number of aryl methyl sites for hydroxylation is 2. The van der Waals surface area contributed by atoms with Crippen LogP contribution >= 0.6 is 11.3 Å². The molecule has 0 radical (unpaired) electrons. The third kappa shape index (κ3) is 3.70. The zero-order chi connectivity index (χ0) is 19.5. The highest BCUT2D eigenvalue weighted by molar-refractivity contribution is 7.15. The van der Waals surface area contributed by atoms with Crippen molar-refractivity contribution in [2.45, 2.75) is 26.2 Å². The van der Waals surface area contributed by atoms with Crippen molar-refractivity contribution in [1.29, 1.82) is 0 Å². The Hall–Kier alpha value is -3.33. The van der Waals surface area contributed by atoms with Crippen LogP contribution < -0.4 is 10.9 Å². The van der Waals surface area contributed by atoms with E-state index >= 15 is 0 Å². The summed E-state index contributed by atoms with van der Waals surface area (Å²) in [5.41, 5.74) is 1.86. The first-order chi connectivity index (χ1) is 13.6. The van der Waals surface area contributed by atoms with Gasteiger partial charge in [-0.25, -0.2) is 4.98 Å². The van der Waals surface area contributed by atoms with Gasteiger partial charge in [0.15, 0.2) is 4.96 Å². The molecular formula is C19H17N5O3S. The zero-order valence-corrected chi connectivity index (χ0v) is 15.9. The van der Waals surface area contributed by atoms with Crippen LogP contribution in [0.2, 0.25) is 0 Å². The Bertz CT molecular complexity index is 1190. The SMILES string of the molecule is Cc1ccccc1-c1noc(CCCC(=O)Nc2cnc3sccn3c2=O)n1. The Morgan fingerprint density at radius 1 is 1.32 bits per heavy atom. The molecular weight excluding hydrogens is 378 g/mol. The van der Waals surface area contributed by atoms with E-state index in [1.807, 2.05) is 31.2 Å². The molecule has 3 heterocycles. The molecule has 142 valence electrons. The molecule has 1 N–H and O–H groups in total. The molecule has 1 aromatic carbocycles. The number of carbonyl (C=O) groups is 1. The van der Waals surface area contributed by atoms with E-state index in [0.717, 1.165) is 11.1 Å². The van der Waals surface area contributed by atoms with Crippen LogP contribution in [0.1, 0.15) is 24.3 Å². The van der Waals surface area contributed by atoms with Crippen molar-refractivity contribution in [1.82, 2.24) is 19.5 Å². The van der Waals surface area contributed by atoms with Crippen molar-refractivity contribution in [3.63, 3.8) is 0 Å². The van der Waals surface area contributed by atoms with E-state index in [9.17, 15) is 9.59 Å². The standard InChI is InChI=1S/C19H17N5O3S/c1-12-5-2-3-6-13(12)17-22-16(27-23-17)8-4-7-15(25)21-14-11-20-19-24(18(14)26)9-10-28-19/h2-3,5-6,9-11H,4,7-8H2,1H3,(H,21,25). The van der Waals surface area contributed by atoms with Crippen LogP contribution in [0.3, 0.4) is 0 Å². The highest BCUT2D eigenvalue weighted by atomic mass is 32.1. The summed E-state index contributed by atoms with van der Waals surface area (Å²) in [5.74, 6) is 0.765. The molecule has 0 unspecified atom stereocenters. The molecule has 0 fully saturated rings. The predicted octanol–water partition coefficient (Wildman–Crippen LogP) is 3.08. The third-order valence-corrected chi connectivity index (χ3v) is 5.04. The smallest absolute Gasteiger partial charge is 0.282 e. The first kappa shape index (κ1) is 18.1. The molecule has 4 aromatic rings. The second kappa shape index (κ2) is 7.73. The van der Waals surface area contributed by atoms with E-state index < -0.39 is 0 Å². The second-order valence-electron chi connectivity index (χ2n) is 6.26. The quantitative estimate of drug-likeness (QED) is 0.538. The van der Waals surface area contributed by atoms with Crippen LogP contribution in [0.4, 0.5) is 5.69 Å². The molecule has 8 nitrogen and oxygen atoms in total. The van der Waals surface area contributed by atoms with Gasteiger partial charge >= 0.3 is 0 Å². The lowest BCUT2D eigenvalue weighted by Crippen LogP contribution is -2.22. The Morgan fingerprint density at radius 3 is 3.04 bits per heavy atom. The summed E-state index contributed by atoms with van der Waals surface area (Å²) in [5, 5.41) is 8.40. The van der Waals surface area contributed by atoms with Crippen LogP contribution in [0.15, 0.2) is 51.4 Å². The molecule has 0 atom stereocenters. The summed E-state index contributed by atoms with van der Waals surface area (Å²) in [6, 6.07) is 7.80. The number of nitrogens with zero attached hydrogens (tertiary/aromatic N) is 4. The van der Waals surface area contributed by atoms with E-state index in [1.165, 1.54) is 21.9 Å². The van der Waals surface area contributed by atoms with Crippen molar-refractivity contribution in [3.05, 3.63) is 63.8 Å². The van der Waals surface area contributed by atoms with Gasteiger partial charge < -0.3 is 9.84 Å². The Kier molecular flexibility index (Phi) is 4.98. The van der Waals surface area contributed by atoms with Gasteiger partial charge in [-0.1, -0.05) is 29.4 Å². The molecule has 0 aliphatic heterocycles. The lowest BCUT2D eigenvalue weighted by atomic mass is 10.1. The summed E-state index contributed by atoms with van der Waals surface area (Å²) >= 11 is 1.36. The first-order valence-corrected chi connectivity index (χ1v) is 9.63. The molecule has 0 aliphatic rings. The van der Waals surface area contributed by atoms with Crippen molar-refractivity contribution in [3.8, 4) is 11.4 Å². The fourth-order valence-electron chi connectivity index (χ4n) is 2.81. The Morgan fingerprint density at radius 2 is 2.18 bits per heavy atom. The van der Waals surface area contributed by atoms with E-state index in [0.29, 0.717) is 29.5 Å². The zero-order valence-electron chi connectivity index (χ0n) is 15.1. The Labute approximate surface area is 163 Å². The average Bonchev–Trinajstić information content (AvgIpc) is 3.34. The number of thiazole rings is 1. The second-order valence-corrected chi connectivity index (χ2v) is 7.13. The number of fused-ring (bicyclic) bond motifs is 1. The maximum atomic E-state index is 12.3. The highest BCUT2D eigenvalue weighted by Crippen LogP contribution is 2.20. The summed E-state index contributed by atoms with van der Waals surface area (Å²) < 4.78 is 6.69. The Balaban J connectivity index is 1.34. The van der Waals surface area contributed by atoms with Crippen LogP contribution in [0.5, 0.6) is 0 Å². The largest absolute Gasteiger partial charge is 0.339 e. The van der Waals surface area contributed by atoms with E-state index in [1.54, 1.807) is 11.6 Å². The number of carbonyl (C=O) groups excluding carboxylic acids is 1. The predicted molar refractivity (Wildman–Crippen MR) is 105 cm³/mol.